The van der Waals surface area contributed by atoms with E-state index in [0.29, 0.717) is 6.42 Å². The van der Waals surface area contributed by atoms with Gasteiger partial charge in [-0.1, -0.05) is 0 Å². The molecule has 0 spiro atoms. The summed E-state index contributed by atoms with van der Waals surface area (Å²) in [4.78, 5) is 12.5. The molecule has 0 aromatic carbocycles. The molecule has 0 saturated carbocycles. The van der Waals surface area contributed by atoms with Gasteiger partial charge in [-0.05, 0) is 0 Å². The number of rotatable bonds is 18. The zero-order chi connectivity index (χ0) is 18.8. The maximum absolute atomic E-state index is 12.5. The van der Waals surface area contributed by atoms with Gasteiger partial charge < -0.3 is 0 Å². The molecule has 25 heavy (non-hydrogen) atoms. The average molecular weight is 461 g/mol. The summed E-state index contributed by atoms with van der Waals surface area (Å²) in [5.41, 5.74) is 0. The molecule has 0 rings (SSSR count). The van der Waals surface area contributed by atoms with E-state index in [1.807, 2.05) is 0 Å². The molecule has 0 heterocycles. The first-order valence-corrected chi connectivity index (χ1v) is 18.6. The molecule has 0 bridgehead atoms. The van der Waals surface area contributed by atoms with Crippen LogP contribution >= 0.6 is 0 Å². The fraction of sp³-hybridized carbons (Fsp3) is 0.955. The zero-order valence-electron chi connectivity index (χ0n) is 17.8. The molecule has 0 N–H and O–H groups in total. The van der Waals surface area contributed by atoms with Gasteiger partial charge in [-0.3, -0.25) is 0 Å². The third-order valence-corrected chi connectivity index (χ3v) is 18.0. The Morgan fingerprint density at radius 2 is 1.00 bits per heavy atom. The first-order valence-electron chi connectivity index (χ1n) is 11.4. The molecule has 0 amide bonds. The summed E-state index contributed by atoms with van der Waals surface area (Å²) in [6.07, 6.45) is 17.0. The Kier molecular flexibility index (Phi) is 17.9. The van der Waals surface area contributed by atoms with Gasteiger partial charge in [0.2, 0.25) is 0 Å². The van der Waals surface area contributed by atoms with Crippen molar-refractivity contribution < 1.29 is 7.87 Å². The van der Waals surface area contributed by atoms with Crippen LogP contribution in [0.25, 0.3) is 0 Å². The van der Waals surface area contributed by atoms with Crippen LogP contribution in [-0.4, -0.2) is 24.8 Å². The number of unbranched alkanes of at least 4 members (excludes halogenated alkanes) is 9. The van der Waals surface area contributed by atoms with Crippen LogP contribution in [0.5, 0.6) is 0 Å². The number of carbonyl (C=O) groups is 1. The third-order valence-electron chi connectivity index (χ3n) is 5.27. The SMILES string of the molecule is CCCCCCCCCC(=O)[O][Sn]([CH2]CCC)([CH2]CCC)[CH2]CCC. The van der Waals surface area contributed by atoms with E-state index in [4.69, 9.17) is 3.07 Å². The average Bonchev–Trinajstić information content (AvgIpc) is 2.62. The van der Waals surface area contributed by atoms with Crippen molar-refractivity contribution in [1.29, 1.82) is 0 Å². The third kappa shape index (κ3) is 14.0. The van der Waals surface area contributed by atoms with Crippen molar-refractivity contribution in [2.45, 2.75) is 131 Å². The summed E-state index contributed by atoms with van der Waals surface area (Å²) in [5.74, 6) is 0.146. The van der Waals surface area contributed by atoms with Crippen LogP contribution in [-0.2, 0) is 7.87 Å². The zero-order valence-corrected chi connectivity index (χ0v) is 20.7. The van der Waals surface area contributed by atoms with Crippen LogP contribution in [0, 0.1) is 0 Å². The first-order chi connectivity index (χ1) is 12.1. The molecule has 0 fully saturated rings. The first kappa shape index (κ1) is 25.3. The molecule has 0 aliphatic rings. The summed E-state index contributed by atoms with van der Waals surface area (Å²) < 4.78 is 10.1. The molecular weight excluding hydrogens is 415 g/mol. The van der Waals surface area contributed by atoms with Gasteiger partial charge in [-0.15, -0.1) is 0 Å². The van der Waals surface area contributed by atoms with Crippen LogP contribution in [0.1, 0.15) is 118 Å². The van der Waals surface area contributed by atoms with E-state index in [9.17, 15) is 4.79 Å². The van der Waals surface area contributed by atoms with E-state index in [0.717, 1.165) is 6.42 Å². The standard InChI is InChI=1S/C10H20O2.3C4H9.Sn/c1-2-3-4-5-6-7-8-9-10(11)12;3*1-3-4-2;/h2-9H2,1H3,(H,11,12);3*1,3-4H2,2H3;/q;;;;+1/p-1. The van der Waals surface area contributed by atoms with Crippen LogP contribution in [0.3, 0.4) is 0 Å². The van der Waals surface area contributed by atoms with Crippen LogP contribution in [0.2, 0.25) is 13.3 Å². The number of hydrogen-bond acceptors (Lipinski definition) is 2. The second kappa shape index (κ2) is 17.7. The second-order valence-electron chi connectivity index (χ2n) is 7.84. The number of carbonyl (C=O) groups excluding carboxylic acids is 1. The van der Waals surface area contributed by atoms with Crippen molar-refractivity contribution in [3.63, 3.8) is 0 Å². The van der Waals surface area contributed by atoms with E-state index in [2.05, 4.69) is 27.7 Å². The minimum atomic E-state index is -2.72. The van der Waals surface area contributed by atoms with Crippen molar-refractivity contribution in [2.75, 3.05) is 0 Å². The molecule has 3 heteroatoms. The van der Waals surface area contributed by atoms with Crippen molar-refractivity contribution in [3.05, 3.63) is 0 Å². The van der Waals surface area contributed by atoms with Crippen molar-refractivity contribution in [3.8, 4) is 0 Å². The van der Waals surface area contributed by atoms with Crippen LogP contribution < -0.4 is 0 Å². The van der Waals surface area contributed by atoms with Gasteiger partial charge in [0, 0.05) is 0 Å². The molecule has 2 nitrogen and oxygen atoms in total. The Balaban J connectivity index is 4.35. The Morgan fingerprint density at radius 1 is 0.600 bits per heavy atom. The summed E-state index contributed by atoms with van der Waals surface area (Å²) >= 11 is -2.72. The fourth-order valence-electron chi connectivity index (χ4n) is 3.54. The predicted octanol–water partition coefficient (Wildman–Crippen LogP) is 8.02. The van der Waals surface area contributed by atoms with E-state index in [-0.39, 0.29) is 5.97 Å². The van der Waals surface area contributed by atoms with Crippen molar-refractivity contribution >= 4 is 24.8 Å². The summed E-state index contributed by atoms with van der Waals surface area (Å²) in [5, 5.41) is 0. The molecule has 0 saturated heterocycles. The quantitative estimate of drug-likeness (QED) is 0.153. The van der Waals surface area contributed by atoms with E-state index >= 15 is 0 Å². The topological polar surface area (TPSA) is 26.3 Å². The van der Waals surface area contributed by atoms with Gasteiger partial charge in [0.1, 0.15) is 0 Å². The molecular formula is C22H46O2Sn. The predicted molar refractivity (Wildman–Crippen MR) is 114 cm³/mol. The Morgan fingerprint density at radius 3 is 1.44 bits per heavy atom. The van der Waals surface area contributed by atoms with E-state index < -0.39 is 18.8 Å². The van der Waals surface area contributed by atoms with Gasteiger partial charge in [-0.2, -0.15) is 0 Å². The molecule has 0 radical (unpaired) electrons. The van der Waals surface area contributed by atoms with Gasteiger partial charge in [0.25, 0.3) is 0 Å². The van der Waals surface area contributed by atoms with E-state index in [1.165, 1.54) is 90.4 Å². The summed E-state index contributed by atoms with van der Waals surface area (Å²) in [7, 11) is 0. The van der Waals surface area contributed by atoms with Crippen molar-refractivity contribution in [1.82, 2.24) is 0 Å². The molecule has 0 aromatic heterocycles. The number of hydrogen-bond donors (Lipinski definition) is 0. The molecule has 0 unspecified atom stereocenters. The normalized spacial score (nSPS) is 11.7. The Hall–Kier alpha value is 0.269. The Labute approximate surface area is 163 Å². The minimum absolute atomic E-state index is 0.146. The van der Waals surface area contributed by atoms with Crippen molar-refractivity contribution in [2.24, 2.45) is 0 Å². The second-order valence-corrected chi connectivity index (χ2v) is 19.5. The Bertz CT molecular complexity index is 283. The van der Waals surface area contributed by atoms with Gasteiger partial charge in [0.15, 0.2) is 0 Å². The maximum atomic E-state index is 12.5. The summed E-state index contributed by atoms with van der Waals surface area (Å²) in [6, 6.07) is 0. The molecule has 0 aromatic rings. The molecule has 0 aliphatic heterocycles. The van der Waals surface area contributed by atoms with Crippen LogP contribution in [0.15, 0.2) is 0 Å². The molecule has 0 aliphatic carbocycles. The van der Waals surface area contributed by atoms with Crippen LogP contribution in [0.4, 0.5) is 0 Å². The monoisotopic (exact) mass is 462 g/mol. The van der Waals surface area contributed by atoms with Gasteiger partial charge in [-0.25, -0.2) is 0 Å². The summed E-state index contributed by atoms with van der Waals surface area (Å²) in [6.45, 7) is 9.04. The van der Waals surface area contributed by atoms with Gasteiger partial charge in [0.05, 0.1) is 0 Å². The van der Waals surface area contributed by atoms with E-state index in [1.54, 1.807) is 0 Å². The fourth-order valence-corrected chi connectivity index (χ4v) is 16.8. The molecule has 0 atom stereocenters. The van der Waals surface area contributed by atoms with Gasteiger partial charge >= 0.3 is 164 Å². The molecule has 150 valence electrons.